The zero-order valence-electron chi connectivity index (χ0n) is 9.75. The third kappa shape index (κ3) is 3.05. The fourth-order valence-corrected chi connectivity index (χ4v) is 2.16. The standard InChI is InChI=1S/C12H8BrCl2N3O/c1-6-3-2-4-7(8(6)13)12(19)18-11-9(14)10(15)16-5-17-11/h2-5H,1H3,(H,16,17,18,19). The summed E-state index contributed by atoms with van der Waals surface area (Å²) < 4.78 is 0.726. The summed E-state index contributed by atoms with van der Waals surface area (Å²) in [5, 5.41) is 2.80. The van der Waals surface area contributed by atoms with Crippen LogP contribution >= 0.6 is 39.1 Å². The molecular formula is C12H8BrCl2N3O. The minimum absolute atomic E-state index is 0.0928. The lowest BCUT2D eigenvalue weighted by Gasteiger charge is -2.09. The highest BCUT2D eigenvalue weighted by Crippen LogP contribution is 2.27. The number of aryl methyl sites for hydroxylation is 1. The molecule has 0 aliphatic carbocycles. The number of benzene rings is 1. The van der Waals surface area contributed by atoms with E-state index in [1.54, 1.807) is 12.1 Å². The fraction of sp³-hybridized carbons (Fsp3) is 0.0833. The van der Waals surface area contributed by atoms with Crippen molar-refractivity contribution in [3.8, 4) is 0 Å². The van der Waals surface area contributed by atoms with Gasteiger partial charge in [0.05, 0.1) is 5.56 Å². The van der Waals surface area contributed by atoms with Crippen LogP contribution in [0, 0.1) is 6.92 Å². The van der Waals surface area contributed by atoms with Gasteiger partial charge in [-0.2, -0.15) is 0 Å². The van der Waals surface area contributed by atoms with Gasteiger partial charge in [-0.25, -0.2) is 9.97 Å². The SMILES string of the molecule is Cc1cccc(C(=O)Nc2ncnc(Cl)c2Cl)c1Br. The van der Waals surface area contributed by atoms with Gasteiger partial charge in [0.15, 0.2) is 11.0 Å². The Bertz CT molecular complexity index is 649. The van der Waals surface area contributed by atoms with Crippen molar-refractivity contribution >= 4 is 50.9 Å². The molecule has 4 nitrogen and oxygen atoms in total. The Morgan fingerprint density at radius 3 is 2.79 bits per heavy atom. The van der Waals surface area contributed by atoms with Gasteiger partial charge >= 0.3 is 0 Å². The zero-order chi connectivity index (χ0) is 14.0. The average Bonchev–Trinajstić information content (AvgIpc) is 2.38. The molecule has 2 rings (SSSR count). The van der Waals surface area contributed by atoms with Crippen molar-refractivity contribution in [2.24, 2.45) is 0 Å². The lowest BCUT2D eigenvalue weighted by molar-refractivity contribution is 0.102. The van der Waals surface area contributed by atoms with Crippen molar-refractivity contribution in [1.82, 2.24) is 9.97 Å². The smallest absolute Gasteiger partial charge is 0.258 e. The van der Waals surface area contributed by atoms with Crippen LogP contribution < -0.4 is 5.32 Å². The van der Waals surface area contributed by atoms with E-state index in [1.165, 1.54) is 6.33 Å². The Kier molecular flexibility index (Phi) is 4.39. The number of anilines is 1. The molecule has 0 unspecified atom stereocenters. The average molecular weight is 361 g/mol. The fourth-order valence-electron chi connectivity index (χ4n) is 1.43. The summed E-state index contributed by atoms with van der Waals surface area (Å²) in [6.45, 7) is 1.90. The number of carbonyl (C=O) groups excluding carboxylic acids is 1. The van der Waals surface area contributed by atoms with E-state index >= 15 is 0 Å². The first-order valence-electron chi connectivity index (χ1n) is 5.23. The second kappa shape index (κ2) is 5.86. The first kappa shape index (κ1) is 14.2. The maximum atomic E-state index is 12.1. The quantitative estimate of drug-likeness (QED) is 0.820. The number of carbonyl (C=O) groups is 1. The summed E-state index contributed by atoms with van der Waals surface area (Å²) >= 11 is 15.0. The second-order valence-electron chi connectivity index (χ2n) is 3.72. The summed E-state index contributed by atoms with van der Waals surface area (Å²) in [6.07, 6.45) is 1.23. The van der Waals surface area contributed by atoms with Crippen molar-refractivity contribution in [3.63, 3.8) is 0 Å². The van der Waals surface area contributed by atoms with Crippen LogP contribution in [0.25, 0.3) is 0 Å². The second-order valence-corrected chi connectivity index (χ2v) is 5.25. The number of amides is 1. The molecule has 7 heteroatoms. The molecule has 0 radical (unpaired) electrons. The molecule has 1 aromatic heterocycles. The van der Waals surface area contributed by atoms with Gasteiger partial charge in [0.2, 0.25) is 0 Å². The van der Waals surface area contributed by atoms with E-state index in [0.29, 0.717) is 5.56 Å². The minimum atomic E-state index is -0.327. The Morgan fingerprint density at radius 1 is 1.32 bits per heavy atom. The van der Waals surface area contributed by atoms with Crippen LogP contribution in [-0.2, 0) is 0 Å². The highest BCUT2D eigenvalue weighted by atomic mass is 79.9. The van der Waals surface area contributed by atoms with E-state index in [9.17, 15) is 4.79 Å². The molecule has 0 atom stereocenters. The van der Waals surface area contributed by atoms with Gasteiger partial charge in [0.1, 0.15) is 11.3 Å². The molecule has 1 heterocycles. The monoisotopic (exact) mass is 359 g/mol. The molecule has 98 valence electrons. The first-order valence-corrected chi connectivity index (χ1v) is 6.78. The Labute approximate surface area is 128 Å². The van der Waals surface area contributed by atoms with E-state index in [2.05, 4.69) is 31.2 Å². The molecule has 0 saturated carbocycles. The third-order valence-electron chi connectivity index (χ3n) is 2.42. The number of halogens is 3. The highest BCUT2D eigenvalue weighted by Gasteiger charge is 2.15. The van der Waals surface area contributed by atoms with E-state index < -0.39 is 0 Å². The molecule has 19 heavy (non-hydrogen) atoms. The van der Waals surface area contributed by atoms with Crippen molar-refractivity contribution in [1.29, 1.82) is 0 Å². The van der Waals surface area contributed by atoms with Gasteiger partial charge in [0.25, 0.3) is 5.91 Å². The molecule has 0 saturated heterocycles. The first-order chi connectivity index (χ1) is 9.00. The normalized spacial score (nSPS) is 10.3. The van der Waals surface area contributed by atoms with Gasteiger partial charge in [-0.05, 0) is 34.5 Å². The molecule has 0 aliphatic rings. The Balaban J connectivity index is 2.31. The molecule has 2 aromatic rings. The van der Waals surface area contributed by atoms with Gasteiger partial charge < -0.3 is 5.32 Å². The van der Waals surface area contributed by atoms with Crippen LogP contribution in [-0.4, -0.2) is 15.9 Å². The van der Waals surface area contributed by atoms with Crippen LogP contribution in [0.4, 0.5) is 5.82 Å². The van der Waals surface area contributed by atoms with Crippen LogP contribution in [0.2, 0.25) is 10.2 Å². The van der Waals surface area contributed by atoms with Crippen LogP contribution in [0.3, 0.4) is 0 Å². The predicted octanol–water partition coefficient (Wildman–Crippen LogP) is 4.11. The van der Waals surface area contributed by atoms with Crippen LogP contribution in [0.5, 0.6) is 0 Å². The summed E-state index contributed by atoms with van der Waals surface area (Å²) in [7, 11) is 0. The summed E-state index contributed by atoms with van der Waals surface area (Å²) in [5.74, 6) is -0.146. The highest BCUT2D eigenvalue weighted by molar-refractivity contribution is 9.10. The molecule has 1 amide bonds. The molecule has 1 aromatic carbocycles. The molecule has 0 fully saturated rings. The van der Waals surface area contributed by atoms with Crippen LogP contribution in [0.1, 0.15) is 15.9 Å². The lowest BCUT2D eigenvalue weighted by Crippen LogP contribution is -2.14. The summed E-state index contributed by atoms with van der Waals surface area (Å²) in [6, 6.07) is 5.39. The van der Waals surface area contributed by atoms with Crippen molar-refractivity contribution in [2.45, 2.75) is 6.92 Å². The van der Waals surface area contributed by atoms with Gasteiger partial charge in [-0.15, -0.1) is 0 Å². The lowest BCUT2D eigenvalue weighted by atomic mass is 10.1. The number of hydrogen-bond donors (Lipinski definition) is 1. The summed E-state index contributed by atoms with van der Waals surface area (Å²) in [4.78, 5) is 19.7. The number of nitrogens with one attached hydrogen (secondary N) is 1. The van der Waals surface area contributed by atoms with Gasteiger partial charge in [-0.3, -0.25) is 4.79 Å². The maximum absolute atomic E-state index is 12.1. The molecule has 0 spiro atoms. The largest absolute Gasteiger partial charge is 0.305 e. The van der Waals surface area contributed by atoms with Crippen molar-refractivity contribution < 1.29 is 4.79 Å². The number of rotatable bonds is 2. The number of hydrogen-bond acceptors (Lipinski definition) is 3. The predicted molar refractivity (Wildman–Crippen MR) is 78.9 cm³/mol. The molecule has 1 N–H and O–H groups in total. The number of aromatic nitrogens is 2. The molecule has 0 bridgehead atoms. The van der Waals surface area contributed by atoms with Crippen molar-refractivity contribution in [3.05, 3.63) is 50.3 Å². The molecule has 0 aliphatic heterocycles. The molecular weight excluding hydrogens is 353 g/mol. The Hall–Kier alpha value is -1.17. The van der Waals surface area contributed by atoms with E-state index in [1.807, 2.05) is 13.0 Å². The minimum Gasteiger partial charge on any atom is -0.305 e. The third-order valence-corrected chi connectivity index (χ3v) is 4.21. The maximum Gasteiger partial charge on any atom is 0.258 e. The number of nitrogens with zero attached hydrogens (tertiary/aromatic N) is 2. The van der Waals surface area contributed by atoms with E-state index in [4.69, 9.17) is 23.2 Å². The topological polar surface area (TPSA) is 54.9 Å². The van der Waals surface area contributed by atoms with Gasteiger partial charge in [0, 0.05) is 4.47 Å². The van der Waals surface area contributed by atoms with E-state index in [-0.39, 0.29) is 21.9 Å². The van der Waals surface area contributed by atoms with Crippen LogP contribution in [0.15, 0.2) is 29.0 Å². The zero-order valence-corrected chi connectivity index (χ0v) is 12.8. The van der Waals surface area contributed by atoms with Crippen molar-refractivity contribution in [2.75, 3.05) is 5.32 Å². The summed E-state index contributed by atoms with van der Waals surface area (Å²) in [5.41, 5.74) is 1.45. The van der Waals surface area contributed by atoms with Gasteiger partial charge in [-0.1, -0.05) is 35.3 Å². The van der Waals surface area contributed by atoms with E-state index in [0.717, 1.165) is 10.0 Å². The Morgan fingerprint density at radius 2 is 2.05 bits per heavy atom.